The number of nitrogens with one attached hydrogen (secondary N) is 2. The van der Waals surface area contributed by atoms with Crippen LogP contribution < -0.4 is 10.6 Å². The van der Waals surface area contributed by atoms with E-state index in [0.29, 0.717) is 19.0 Å². The first-order chi connectivity index (χ1) is 12.1. The summed E-state index contributed by atoms with van der Waals surface area (Å²) in [4.78, 5) is 4.36. The fraction of sp³-hybridized carbons (Fsp3) is 0.632. The molecular weight excluding hydrogens is 350 g/mol. The molecule has 0 amide bonds. The van der Waals surface area contributed by atoms with Gasteiger partial charge >= 0.3 is 0 Å². The zero-order valence-corrected chi connectivity index (χ0v) is 17.4. The first-order valence-corrected chi connectivity index (χ1v) is 10.9. The van der Waals surface area contributed by atoms with Gasteiger partial charge < -0.3 is 15.7 Å². The van der Waals surface area contributed by atoms with Crippen molar-refractivity contribution in [3.63, 3.8) is 0 Å². The molecule has 0 saturated carbocycles. The molecular formula is C19H33N3O3S. The van der Waals surface area contributed by atoms with Gasteiger partial charge in [0, 0.05) is 18.8 Å². The molecule has 1 atom stereocenters. The van der Waals surface area contributed by atoms with Crippen molar-refractivity contribution < 1.29 is 13.5 Å². The Balaban J connectivity index is 2.67. The number of sulfone groups is 1. The summed E-state index contributed by atoms with van der Waals surface area (Å²) in [6.45, 7) is 11.2. The molecule has 148 valence electrons. The van der Waals surface area contributed by atoms with Crippen LogP contribution in [0.2, 0.25) is 0 Å². The molecule has 0 aliphatic heterocycles. The fourth-order valence-electron chi connectivity index (χ4n) is 2.30. The van der Waals surface area contributed by atoms with E-state index in [1.165, 1.54) is 5.56 Å². The summed E-state index contributed by atoms with van der Waals surface area (Å²) < 4.78 is 23.1. The van der Waals surface area contributed by atoms with E-state index in [1.807, 2.05) is 31.2 Å². The minimum Gasteiger partial charge on any atom is -0.386 e. The van der Waals surface area contributed by atoms with Gasteiger partial charge in [0.15, 0.2) is 15.8 Å². The number of benzene rings is 1. The maximum atomic E-state index is 11.5. The quantitative estimate of drug-likeness (QED) is 0.472. The van der Waals surface area contributed by atoms with Gasteiger partial charge in [-0.25, -0.2) is 8.42 Å². The lowest BCUT2D eigenvalue weighted by Crippen LogP contribution is -2.40. The van der Waals surface area contributed by atoms with Gasteiger partial charge in [-0.05, 0) is 23.5 Å². The number of nitrogens with zero attached hydrogens (tertiary/aromatic N) is 1. The lowest BCUT2D eigenvalue weighted by Gasteiger charge is -2.20. The Kier molecular flexibility index (Phi) is 8.56. The molecule has 0 fully saturated rings. The van der Waals surface area contributed by atoms with Crippen LogP contribution in [-0.2, 0) is 15.3 Å². The van der Waals surface area contributed by atoms with E-state index in [9.17, 15) is 13.5 Å². The SMILES string of the molecule is CCNC(=NCC(O)c1ccc(C(C)(C)C)cc1)NCCS(=O)(=O)CC. The van der Waals surface area contributed by atoms with Crippen LogP contribution in [0.25, 0.3) is 0 Å². The van der Waals surface area contributed by atoms with Gasteiger partial charge in [0.25, 0.3) is 0 Å². The Morgan fingerprint density at radius 1 is 1.15 bits per heavy atom. The predicted molar refractivity (Wildman–Crippen MR) is 108 cm³/mol. The monoisotopic (exact) mass is 383 g/mol. The first kappa shape index (κ1) is 22.4. The third-order valence-corrected chi connectivity index (χ3v) is 5.78. The van der Waals surface area contributed by atoms with Crippen LogP contribution in [-0.4, -0.2) is 50.6 Å². The number of aliphatic imine (C=N–C) groups is 1. The van der Waals surface area contributed by atoms with Gasteiger partial charge in [0.05, 0.1) is 18.4 Å². The molecule has 0 radical (unpaired) electrons. The molecule has 0 aromatic heterocycles. The van der Waals surface area contributed by atoms with Crippen LogP contribution >= 0.6 is 0 Å². The van der Waals surface area contributed by atoms with E-state index in [1.54, 1.807) is 6.92 Å². The zero-order valence-electron chi connectivity index (χ0n) is 16.5. The first-order valence-electron chi connectivity index (χ1n) is 9.10. The van der Waals surface area contributed by atoms with E-state index >= 15 is 0 Å². The molecule has 0 saturated heterocycles. The highest BCUT2D eigenvalue weighted by Crippen LogP contribution is 2.24. The summed E-state index contributed by atoms with van der Waals surface area (Å²) >= 11 is 0. The second-order valence-corrected chi connectivity index (χ2v) is 9.74. The van der Waals surface area contributed by atoms with E-state index in [0.717, 1.165) is 5.56 Å². The Morgan fingerprint density at radius 3 is 2.27 bits per heavy atom. The number of hydrogen-bond donors (Lipinski definition) is 3. The summed E-state index contributed by atoms with van der Waals surface area (Å²) in [5, 5.41) is 16.4. The van der Waals surface area contributed by atoms with Gasteiger partial charge in [0.2, 0.25) is 0 Å². The Bertz CT molecular complexity index is 677. The van der Waals surface area contributed by atoms with E-state index < -0.39 is 15.9 Å². The zero-order chi connectivity index (χ0) is 19.8. The van der Waals surface area contributed by atoms with Crippen LogP contribution in [0.3, 0.4) is 0 Å². The molecule has 0 bridgehead atoms. The Hall–Kier alpha value is -1.60. The van der Waals surface area contributed by atoms with Crippen LogP contribution in [0, 0.1) is 0 Å². The number of hydrogen-bond acceptors (Lipinski definition) is 4. The molecule has 1 aromatic carbocycles. The van der Waals surface area contributed by atoms with Crippen molar-refractivity contribution in [3.8, 4) is 0 Å². The molecule has 0 aliphatic carbocycles. The van der Waals surface area contributed by atoms with Crippen molar-refractivity contribution in [2.24, 2.45) is 4.99 Å². The van der Waals surface area contributed by atoms with Gasteiger partial charge in [-0.15, -0.1) is 0 Å². The summed E-state index contributed by atoms with van der Waals surface area (Å²) in [5.41, 5.74) is 2.10. The van der Waals surface area contributed by atoms with Gasteiger partial charge in [0.1, 0.15) is 0 Å². The third kappa shape index (κ3) is 7.74. The normalized spacial score (nSPS) is 14.2. The van der Waals surface area contributed by atoms with Crippen molar-refractivity contribution in [1.29, 1.82) is 0 Å². The molecule has 3 N–H and O–H groups in total. The minimum absolute atomic E-state index is 0.0603. The Morgan fingerprint density at radius 2 is 1.77 bits per heavy atom. The second-order valence-electron chi connectivity index (χ2n) is 7.27. The predicted octanol–water partition coefficient (Wildman–Crippen LogP) is 2.01. The molecule has 1 unspecified atom stereocenters. The number of aliphatic hydroxyl groups is 1. The van der Waals surface area contributed by atoms with Crippen LogP contribution in [0.5, 0.6) is 0 Å². The molecule has 1 aromatic rings. The highest BCUT2D eigenvalue weighted by molar-refractivity contribution is 7.91. The van der Waals surface area contributed by atoms with E-state index in [-0.39, 0.29) is 23.5 Å². The minimum atomic E-state index is -3.02. The number of guanidine groups is 1. The van der Waals surface area contributed by atoms with Crippen LogP contribution in [0.4, 0.5) is 0 Å². The summed E-state index contributed by atoms with van der Waals surface area (Å²) in [5.74, 6) is 0.695. The van der Waals surface area contributed by atoms with Crippen LogP contribution in [0.15, 0.2) is 29.3 Å². The lowest BCUT2D eigenvalue weighted by molar-refractivity contribution is 0.187. The van der Waals surface area contributed by atoms with Crippen molar-refractivity contribution in [2.45, 2.75) is 46.1 Å². The number of rotatable bonds is 8. The van der Waals surface area contributed by atoms with Gasteiger partial charge in [-0.3, -0.25) is 4.99 Å². The second kappa shape index (κ2) is 9.92. The fourth-order valence-corrected chi connectivity index (χ4v) is 3.00. The molecule has 6 nitrogen and oxygen atoms in total. The molecule has 1 rings (SSSR count). The highest BCUT2D eigenvalue weighted by atomic mass is 32.2. The summed E-state index contributed by atoms with van der Waals surface area (Å²) in [6, 6.07) is 7.91. The smallest absolute Gasteiger partial charge is 0.191 e. The third-order valence-electron chi connectivity index (χ3n) is 4.07. The average Bonchev–Trinajstić information content (AvgIpc) is 2.58. The summed E-state index contributed by atoms with van der Waals surface area (Å²) in [7, 11) is -3.02. The van der Waals surface area contributed by atoms with Crippen LogP contribution in [0.1, 0.15) is 51.8 Å². The average molecular weight is 384 g/mol. The summed E-state index contributed by atoms with van der Waals surface area (Å²) in [6.07, 6.45) is -0.709. The van der Waals surface area contributed by atoms with Crippen molar-refractivity contribution in [2.75, 3.05) is 31.1 Å². The van der Waals surface area contributed by atoms with Crippen molar-refractivity contribution >= 4 is 15.8 Å². The van der Waals surface area contributed by atoms with E-state index in [4.69, 9.17) is 0 Å². The lowest BCUT2D eigenvalue weighted by atomic mass is 9.86. The molecule has 0 aliphatic rings. The van der Waals surface area contributed by atoms with Crippen molar-refractivity contribution in [3.05, 3.63) is 35.4 Å². The molecule has 0 heterocycles. The number of aliphatic hydroxyl groups excluding tert-OH is 1. The van der Waals surface area contributed by atoms with Gasteiger partial charge in [-0.2, -0.15) is 0 Å². The van der Waals surface area contributed by atoms with Crippen molar-refractivity contribution in [1.82, 2.24) is 10.6 Å². The largest absolute Gasteiger partial charge is 0.386 e. The maximum Gasteiger partial charge on any atom is 0.191 e. The van der Waals surface area contributed by atoms with E-state index in [2.05, 4.69) is 36.4 Å². The molecule has 7 heteroatoms. The van der Waals surface area contributed by atoms with Gasteiger partial charge in [-0.1, -0.05) is 52.0 Å². The Labute approximate surface area is 158 Å². The molecule has 26 heavy (non-hydrogen) atoms. The highest BCUT2D eigenvalue weighted by Gasteiger charge is 2.14. The molecule has 0 spiro atoms. The standard InChI is InChI=1S/C19H33N3O3S/c1-6-20-18(21-12-13-26(24,25)7-2)22-14-17(23)15-8-10-16(11-9-15)19(3,4)5/h8-11,17,23H,6-7,12-14H2,1-5H3,(H2,20,21,22). The maximum absolute atomic E-state index is 11.5. The topological polar surface area (TPSA) is 90.8 Å².